The lowest BCUT2D eigenvalue weighted by molar-refractivity contribution is 0.0633. The summed E-state index contributed by atoms with van der Waals surface area (Å²) in [5, 5.41) is 0.554. The Balaban J connectivity index is 1.75. The fourth-order valence-corrected chi connectivity index (χ4v) is 3.67. The second-order valence-electron chi connectivity index (χ2n) is 6.55. The first-order valence-corrected chi connectivity index (χ1v) is 8.67. The van der Waals surface area contributed by atoms with Crippen LogP contribution < -0.4 is 5.43 Å². The van der Waals surface area contributed by atoms with E-state index in [2.05, 4.69) is 24.0 Å². The molecule has 126 valence electrons. The average molecular weight is 332 g/mol. The summed E-state index contributed by atoms with van der Waals surface area (Å²) in [4.78, 5) is 30.9. The Kier molecular flexibility index (Phi) is 3.88. The van der Waals surface area contributed by atoms with Gasteiger partial charge in [-0.2, -0.15) is 0 Å². The molecule has 1 N–H and O–H groups in total. The van der Waals surface area contributed by atoms with Crippen molar-refractivity contribution in [3.63, 3.8) is 0 Å². The van der Waals surface area contributed by atoms with Gasteiger partial charge in [0.15, 0.2) is 0 Å². The number of carbonyl (C=O) groups is 1. The van der Waals surface area contributed by atoms with E-state index in [1.807, 2.05) is 35.2 Å². The molecule has 3 aromatic rings. The average Bonchev–Trinajstić information content (AvgIpc) is 2.67. The van der Waals surface area contributed by atoms with Crippen LogP contribution >= 0.6 is 0 Å². The molecule has 1 amide bonds. The molecular formula is C21H20N2O2. The van der Waals surface area contributed by atoms with Crippen LogP contribution in [-0.4, -0.2) is 21.8 Å². The van der Waals surface area contributed by atoms with Crippen molar-refractivity contribution >= 4 is 16.8 Å². The van der Waals surface area contributed by atoms with Gasteiger partial charge < -0.3 is 9.88 Å². The third-order valence-corrected chi connectivity index (χ3v) is 5.11. The molecule has 4 heteroatoms. The number of aromatic nitrogens is 1. The second kappa shape index (κ2) is 6.20. The van der Waals surface area contributed by atoms with E-state index in [0.717, 1.165) is 23.9 Å². The van der Waals surface area contributed by atoms with Gasteiger partial charge in [-0.15, -0.1) is 0 Å². The van der Waals surface area contributed by atoms with Crippen molar-refractivity contribution in [2.24, 2.45) is 0 Å². The third-order valence-electron chi connectivity index (χ3n) is 5.11. The van der Waals surface area contributed by atoms with Crippen LogP contribution in [0, 0.1) is 0 Å². The first-order chi connectivity index (χ1) is 12.2. The van der Waals surface area contributed by atoms with Crippen molar-refractivity contribution in [2.45, 2.75) is 32.4 Å². The highest BCUT2D eigenvalue weighted by Gasteiger charge is 2.30. The lowest BCUT2D eigenvalue weighted by Crippen LogP contribution is -2.45. The number of para-hydroxylation sites is 1. The highest BCUT2D eigenvalue weighted by atomic mass is 16.2. The molecule has 2 aromatic carbocycles. The van der Waals surface area contributed by atoms with Gasteiger partial charge in [0, 0.05) is 29.7 Å². The molecule has 25 heavy (non-hydrogen) atoms. The van der Waals surface area contributed by atoms with Gasteiger partial charge in [0.05, 0.1) is 0 Å². The van der Waals surface area contributed by atoms with E-state index in [1.54, 1.807) is 12.3 Å². The fraction of sp³-hybridized carbons (Fsp3) is 0.238. The molecule has 1 aliphatic rings. The van der Waals surface area contributed by atoms with Crippen LogP contribution in [0.5, 0.6) is 0 Å². The molecule has 4 nitrogen and oxygen atoms in total. The molecule has 1 aliphatic heterocycles. The van der Waals surface area contributed by atoms with Gasteiger partial charge in [-0.05, 0) is 36.1 Å². The van der Waals surface area contributed by atoms with Gasteiger partial charge >= 0.3 is 0 Å². The Hall–Kier alpha value is -2.88. The SMILES string of the molecule is CCC1Cc2ccccc2CN1C(=O)c1c[nH]c2ccccc2c1=O. The minimum Gasteiger partial charge on any atom is -0.360 e. The van der Waals surface area contributed by atoms with Crippen molar-refractivity contribution in [3.8, 4) is 0 Å². The molecule has 0 aliphatic carbocycles. The van der Waals surface area contributed by atoms with E-state index in [9.17, 15) is 9.59 Å². The molecule has 0 spiro atoms. The minimum atomic E-state index is -0.201. The summed E-state index contributed by atoms with van der Waals surface area (Å²) < 4.78 is 0. The predicted octanol–water partition coefficient (Wildman–Crippen LogP) is 3.51. The van der Waals surface area contributed by atoms with Crippen molar-refractivity contribution in [1.82, 2.24) is 9.88 Å². The fourth-order valence-electron chi connectivity index (χ4n) is 3.67. The van der Waals surface area contributed by atoms with Gasteiger partial charge in [-0.25, -0.2) is 0 Å². The molecule has 2 heterocycles. The molecule has 0 fully saturated rings. The van der Waals surface area contributed by atoms with Gasteiger partial charge in [-0.3, -0.25) is 9.59 Å². The molecule has 0 saturated heterocycles. The first-order valence-electron chi connectivity index (χ1n) is 8.67. The number of amides is 1. The zero-order valence-electron chi connectivity index (χ0n) is 14.2. The maximum atomic E-state index is 13.1. The molecule has 0 saturated carbocycles. The Morgan fingerprint density at radius 3 is 2.64 bits per heavy atom. The van der Waals surface area contributed by atoms with Crippen molar-refractivity contribution in [3.05, 3.63) is 81.6 Å². The minimum absolute atomic E-state index is 0.119. The van der Waals surface area contributed by atoms with Gasteiger partial charge in [0.2, 0.25) is 5.43 Å². The largest absolute Gasteiger partial charge is 0.360 e. The van der Waals surface area contributed by atoms with Crippen LogP contribution in [0.25, 0.3) is 10.9 Å². The lowest BCUT2D eigenvalue weighted by atomic mass is 9.92. The Bertz CT molecular complexity index is 1010. The molecule has 1 aromatic heterocycles. The number of aromatic amines is 1. The highest BCUT2D eigenvalue weighted by Crippen LogP contribution is 2.26. The van der Waals surface area contributed by atoms with Crippen LogP contribution in [0.15, 0.2) is 59.5 Å². The summed E-state index contributed by atoms with van der Waals surface area (Å²) >= 11 is 0. The molecule has 0 bridgehead atoms. The summed E-state index contributed by atoms with van der Waals surface area (Å²) in [5.41, 5.74) is 3.23. The zero-order valence-corrected chi connectivity index (χ0v) is 14.2. The van der Waals surface area contributed by atoms with Crippen LogP contribution in [0.4, 0.5) is 0 Å². The number of H-pyrrole nitrogens is 1. The quantitative estimate of drug-likeness (QED) is 0.781. The number of hydrogen-bond donors (Lipinski definition) is 1. The maximum absolute atomic E-state index is 13.1. The number of benzene rings is 2. The van der Waals surface area contributed by atoms with E-state index in [4.69, 9.17) is 0 Å². The Morgan fingerprint density at radius 1 is 1.12 bits per heavy atom. The summed E-state index contributed by atoms with van der Waals surface area (Å²) in [6.07, 6.45) is 3.26. The van der Waals surface area contributed by atoms with E-state index >= 15 is 0 Å². The number of nitrogens with one attached hydrogen (secondary N) is 1. The van der Waals surface area contributed by atoms with Gasteiger partial charge in [-0.1, -0.05) is 43.3 Å². The number of rotatable bonds is 2. The highest BCUT2D eigenvalue weighted by molar-refractivity contribution is 5.97. The number of hydrogen-bond acceptors (Lipinski definition) is 2. The monoisotopic (exact) mass is 332 g/mol. The standard InChI is InChI=1S/C21H20N2O2/c1-2-16-11-14-7-3-4-8-15(14)13-23(16)21(25)18-12-22-19-10-6-5-9-17(19)20(18)24/h3-10,12,16H,2,11,13H2,1H3,(H,22,24). The summed E-state index contributed by atoms with van der Waals surface area (Å²) in [7, 11) is 0. The number of carbonyl (C=O) groups excluding carboxylic acids is 1. The summed E-state index contributed by atoms with van der Waals surface area (Å²) in [6.45, 7) is 2.64. The van der Waals surface area contributed by atoms with Crippen molar-refractivity contribution < 1.29 is 4.79 Å². The smallest absolute Gasteiger partial charge is 0.259 e. The molecular weight excluding hydrogens is 312 g/mol. The van der Waals surface area contributed by atoms with Crippen molar-refractivity contribution in [1.29, 1.82) is 0 Å². The van der Waals surface area contributed by atoms with E-state index in [-0.39, 0.29) is 22.9 Å². The Labute approximate surface area is 146 Å². The van der Waals surface area contributed by atoms with Gasteiger partial charge in [0.1, 0.15) is 5.56 Å². The normalized spacial score (nSPS) is 16.7. The molecule has 4 rings (SSSR count). The Morgan fingerprint density at radius 2 is 1.84 bits per heavy atom. The first kappa shape index (κ1) is 15.6. The number of nitrogens with zero attached hydrogens (tertiary/aromatic N) is 1. The maximum Gasteiger partial charge on any atom is 0.259 e. The van der Waals surface area contributed by atoms with Crippen LogP contribution in [0.2, 0.25) is 0 Å². The zero-order chi connectivity index (χ0) is 17.4. The van der Waals surface area contributed by atoms with Crippen LogP contribution in [-0.2, 0) is 13.0 Å². The van der Waals surface area contributed by atoms with E-state index in [1.165, 1.54) is 5.56 Å². The molecule has 0 radical (unpaired) electrons. The third kappa shape index (κ3) is 2.64. The number of fused-ring (bicyclic) bond motifs is 2. The lowest BCUT2D eigenvalue weighted by Gasteiger charge is -2.36. The van der Waals surface area contributed by atoms with Crippen molar-refractivity contribution in [2.75, 3.05) is 0 Å². The van der Waals surface area contributed by atoms with Crippen LogP contribution in [0.3, 0.4) is 0 Å². The van der Waals surface area contributed by atoms with E-state index in [0.29, 0.717) is 11.9 Å². The van der Waals surface area contributed by atoms with Gasteiger partial charge in [0.25, 0.3) is 5.91 Å². The second-order valence-corrected chi connectivity index (χ2v) is 6.55. The predicted molar refractivity (Wildman–Crippen MR) is 98.7 cm³/mol. The number of pyridine rings is 1. The summed E-state index contributed by atoms with van der Waals surface area (Å²) in [6, 6.07) is 15.6. The topological polar surface area (TPSA) is 53.2 Å². The van der Waals surface area contributed by atoms with Crippen LogP contribution in [0.1, 0.15) is 34.8 Å². The summed E-state index contributed by atoms with van der Waals surface area (Å²) in [5.74, 6) is -0.187. The van der Waals surface area contributed by atoms with E-state index < -0.39 is 0 Å². The molecule has 1 atom stereocenters. The molecule has 1 unspecified atom stereocenters.